The summed E-state index contributed by atoms with van der Waals surface area (Å²) in [6.07, 6.45) is 4.28. The first-order valence-electron chi connectivity index (χ1n) is 8.51. The summed E-state index contributed by atoms with van der Waals surface area (Å²) in [5, 5.41) is 27.0. The molecular formula is C19H19N5O2S2. The molecule has 3 rings (SSSR count). The number of hydrogen-bond acceptors (Lipinski definition) is 8. The second-order valence-electron chi connectivity index (χ2n) is 6.11. The van der Waals surface area contributed by atoms with E-state index in [4.69, 9.17) is 4.98 Å². The van der Waals surface area contributed by atoms with Gasteiger partial charge in [0.15, 0.2) is 0 Å². The number of aryl methyl sites for hydroxylation is 1. The van der Waals surface area contributed by atoms with Crippen molar-refractivity contribution in [1.82, 2.24) is 15.2 Å². The van der Waals surface area contributed by atoms with Crippen molar-refractivity contribution in [2.24, 2.45) is 0 Å². The van der Waals surface area contributed by atoms with Gasteiger partial charge in [-0.3, -0.25) is 10.1 Å². The summed E-state index contributed by atoms with van der Waals surface area (Å²) in [6.45, 7) is 7.63. The summed E-state index contributed by atoms with van der Waals surface area (Å²) in [5.74, 6) is 0. The number of allylic oxidation sites excluding steroid dienone is 3. The Labute approximate surface area is 170 Å². The van der Waals surface area contributed by atoms with E-state index in [0.29, 0.717) is 6.42 Å². The van der Waals surface area contributed by atoms with Gasteiger partial charge in [0, 0.05) is 17.5 Å². The monoisotopic (exact) mass is 413 g/mol. The molecular weight excluding hydrogens is 394 g/mol. The highest BCUT2D eigenvalue weighted by atomic mass is 32.1. The van der Waals surface area contributed by atoms with Crippen LogP contribution in [0.4, 0.5) is 10.8 Å². The van der Waals surface area contributed by atoms with Gasteiger partial charge in [0.2, 0.25) is 5.13 Å². The van der Waals surface area contributed by atoms with Crippen LogP contribution in [0.15, 0.2) is 48.4 Å². The van der Waals surface area contributed by atoms with Crippen LogP contribution in [0.3, 0.4) is 0 Å². The Kier molecular flexibility index (Phi) is 6.27. The molecule has 0 aliphatic heterocycles. The molecule has 0 aliphatic carbocycles. The van der Waals surface area contributed by atoms with Gasteiger partial charge in [0.1, 0.15) is 10.0 Å². The van der Waals surface area contributed by atoms with Crippen LogP contribution in [0.2, 0.25) is 0 Å². The van der Waals surface area contributed by atoms with Gasteiger partial charge in [-0.1, -0.05) is 42.2 Å². The Morgan fingerprint density at radius 1 is 1.36 bits per heavy atom. The lowest BCUT2D eigenvalue weighted by molar-refractivity contribution is -0.384. The van der Waals surface area contributed by atoms with Crippen LogP contribution in [0.1, 0.15) is 34.2 Å². The molecule has 0 aliphatic rings. The molecule has 3 aromatic rings. The standard InChI is InChI=1S/C19H19N5O2S2/c1-4-5-12(2)18-20-17(11-27-18)16(21-19-23-22-13(3)28-19)10-14-6-8-15(9-7-14)24(25)26/h4-9,11,16H,1,10H2,2-3H3,(H,21,23)/b12-5+/t16-/m0/s1. The molecule has 0 bridgehead atoms. The molecule has 0 saturated heterocycles. The highest BCUT2D eigenvalue weighted by molar-refractivity contribution is 7.15. The molecule has 0 saturated carbocycles. The van der Waals surface area contributed by atoms with Crippen LogP contribution in [0.25, 0.3) is 5.57 Å². The van der Waals surface area contributed by atoms with E-state index < -0.39 is 4.92 Å². The maximum absolute atomic E-state index is 10.9. The molecule has 0 amide bonds. The first-order valence-corrected chi connectivity index (χ1v) is 10.2. The number of hydrogen-bond donors (Lipinski definition) is 1. The van der Waals surface area contributed by atoms with Gasteiger partial charge in [0.05, 0.1) is 16.7 Å². The van der Waals surface area contributed by atoms with Crippen molar-refractivity contribution in [1.29, 1.82) is 0 Å². The van der Waals surface area contributed by atoms with Crippen molar-refractivity contribution < 1.29 is 4.92 Å². The lowest BCUT2D eigenvalue weighted by Gasteiger charge is -2.16. The Morgan fingerprint density at radius 3 is 2.71 bits per heavy atom. The number of benzene rings is 1. The molecule has 2 aromatic heterocycles. The first kappa shape index (κ1) is 19.8. The zero-order valence-electron chi connectivity index (χ0n) is 15.5. The number of non-ortho nitro benzene ring substituents is 1. The predicted molar refractivity (Wildman–Crippen MR) is 114 cm³/mol. The number of nitrogens with zero attached hydrogens (tertiary/aromatic N) is 4. The molecule has 144 valence electrons. The highest BCUT2D eigenvalue weighted by Crippen LogP contribution is 2.29. The zero-order valence-corrected chi connectivity index (χ0v) is 17.1. The van der Waals surface area contributed by atoms with Crippen LogP contribution < -0.4 is 5.32 Å². The van der Waals surface area contributed by atoms with Crippen molar-refractivity contribution in [3.8, 4) is 0 Å². The van der Waals surface area contributed by atoms with Crippen molar-refractivity contribution in [2.45, 2.75) is 26.3 Å². The van der Waals surface area contributed by atoms with Crippen LogP contribution in [0.5, 0.6) is 0 Å². The third-order valence-electron chi connectivity index (χ3n) is 3.99. The smallest absolute Gasteiger partial charge is 0.269 e. The molecule has 9 heteroatoms. The lowest BCUT2D eigenvalue weighted by Crippen LogP contribution is -2.14. The number of nitrogens with one attached hydrogen (secondary N) is 1. The minimum atomic E-state index is -0.398. The Bertz CT molecular complexity index is 1010. The zero-order chi connectivity index (χ0) is 20.1. The van der Waals surface area contributed by atoms with Crippen molar-refractivity contribution in [3.05, 3.63) is 79.8 Å². The van der Waals surface area contributed by atoms with Crippen LogP contribution in [0, 0.1) is 17.0 Å². The minimum Gasteiger partial charge on any atom is -0.351 e. The van der Waals surface area contributed by atoms with Crippen LogP contribution in [-0.2, 0) is 6.42 Å². The minimum absolute atomic E-state index is 0.0779. The van der Waals surface area contributed by atoms with Gasteiger partial charge in [-0.25, -0.2) is 4.98 Å². The van der Waals surface area contributed by atoms with Gasteiger partial charge < -0.3 is 5.32 Å². The Balaban J connectivity index is 1.87. The van der Waals surface area contributed by atoms with E-state index >= 15 is 0 Å². The third kappa shape index (κ3) is 4.87. The normalized spacial score (nSPS) is 12.6. The molecule has 7 nitrogen and oxygen atoms in total. The molecule has 2 heterocycles. The third-order valence-corrected chi connectivity index (χ3v) is 5.76. The van der Waals surface area contributed by atoms with Crippen molar-refractivity contribution >= 4 is 39.1 Å². The molecule has 28 heavy (non-hydrogen) atoms. The molecule has 0 spiro atoms. The maximum atomic E-state index is 10.9. The number of nitro benzene ring substituents is 1. The average Bonchev–Trinajstić information content (AvgIpc) is 3.31. The molecule has 0 fully saturated rings. The topological polar surface area (TPSA) is 93.8 Å². The fourth-order valence-electron chi connectivity index (χ4n) is 2.60. The van der Waals surface area contributed by atoms with E-state index in [2.05, 4.69) is 22.1 Å². The Hall–Kier alpha value is -2.91. The second kappa shape index (κ2) is 8.85. The van der Waals surface area contributed by atoms with E-state index in [-0.39, 0.29) is 11.7 Å². The fraction of sp³-hybridized carbons (Fsp3) is 0.211. The van der Waals surface area contributed by atoms with Gasteiger partial charge >= 0.3 is 0 Å². The SMILES string of the molecule is C=C/C=C(\C)c1nc([C@H](Cc2ccc([N+](=O)[O-])cc2)Nc2nnc(C)s2)cs1. The molecule has 1 aromatic carbocycles. The fourth-order valence-corrected chi connectivity index (χ4v) is 4.10. The quantitative estimate of drug-likeness (QED) is 0.310. The van der Waals surface area contributed by atoms with Gasteiger partial charge in [-0.15, -0.1) is 21.5 Å². The number of thiazole rings is 1. The van der Waals surface area contributed by atoms with E-state index in [1.165, 1.54) is 23.5 Å². The second-order valence-corrected chi connectivity index (χ2v) is 8.15. The first-order chi connectivity index (χ1) is 13.5. The number of nitro groups is 1. The molecule has 0 unspecified atom stereocenters. The average molecular weight is 414 g/mol. The van der Waals surface area contributed by atoms with Crippen LogP contribution >= 0.6 is 22.7 Å². The maximum Gasteiger partial charge on any atom is 0.269 e. The predicted octanol–water partition coefficient (Wildman–Crippen LogP) is 5.20. The summed E-state index contributed by atoms with van der Waals surface area (Å²) >= 11 is 3.05. The number of aromatic nitrogens is 3. The summed E-state index contributed by atoms with van der Waals surface area (Å²) in [4.78, 5) is 15.2. The van der Waals surface area contributed by atoms with E-state index in [1.807, 2.05) is 25.3 Å². The lowest BCUT2D eigenvalue weighted by atomic mass is 10.0. The molecule has 1 atom stereocenters. The van der Waals surface area contributed by atoms with E-state index in [0.717, 1.165) is 32.0 Å². The number of rotatable bonds is 8. The highest BCUT2D eigenvalue weighted by Gasteiger charge is 2.19. The summed E-state index contributed by atoms with van der Waals surface area (Å²) in [5.41, 5.74) is 2.99. The Morgan fingerprint density at radius 2 is 2.11 bits per heavy atom. The van der Waals surface area contributed by atoms with Gasteiger partial charge in [0.25, 0.3) is 5.69 Å². The van der Waals surface area contributed by atoms with Crippen molar-refractivity contribution in [2.75, 3.05) is 5.32 Å². The van der Waals surface area contributed by atoms with Gasteiger partial charge in [-0.2, -0.15) is 0 Å². The largest absolute Gasteiger partial charge is 0.351 e. The summed E-state index contributed by atoms with van der Waals surface area (Å²) in [6, 6.07) is 6.45. The number of anilines is 1. The van der Waals surface area contributed by atoms with Crippen LogP contribution in [-0.4, -0.2) is 20.1 Å². The van der Waals surface area contributed by atoms with E-state index in [9.17, 15) is 10.1 Å². The van der Waals surface area contributed by atoms with E-state index in [1.54, 1.807) is 29.5 Å². The van der Waals surface area contributed by atoms with Crippen molar-refractivity contribution in [3.63, 3.8) is 0 Å². The summed E-state index contributed by atoms with van der Waals surface area (Å²) in [7, 11) is 0. The molecule has 1 N–H and O–H groups in total. The molecule has 0 radical (unpaired) electrons. The summed E-state index contributed by atoms with van der Waals surface area (Å²) < 4.78 is 0. The van der Waals surface area contributed by atoms with Gasteiger partial charge in [-0.05, 0) is 31.4 Å².